The van der Waals surface area contributed by atoms with Crippen LogP contribution in [0.1, 0.15) is 42.1 Å². The molecule has 1 atom stereocenters. The molecule has 4 nitrogen and oxygen atoms in total. The molecular formula is C14H15F4NO3. The highest BCUT2D eigenvalue weighted by atomic mass is 19.4. The molecule has 0 aliphatic carbocycles. The minimum Gasteiger partial charge on any atom is -0.480 e. The molecule has 1 unspecified atom stereocenters. The number of carbonyl (C=O) groups is 2. The molecular weight excluding hydrogens is 306 g/mol. The van der Waals surface area contributed by atoms with Crippen molar-refractivity contribution in [3.05, 3.63) is 35.1 Å². The maximum atomic E-state index is 13.4. The number of carbonyl (C=O) groups excluding carboxylic acids is 1. The number of halogens is 4. The zero-order valence-corrected chi connectivity index (χ0v) is 11.7. The van der Waals surface area contributed by atoms with Crippen LogP contribution in [0, 0.1) is 5.82 Å². The number of amides is 1. The molecule has 122 valence electrons. The zero-order valence-electron chi connectivity index (χ0n) is 11.7. The maximum Gasteiger partial charge on any atom is 0.419 e. The fourth-order valence-electron chi connectivity index (χ4n) is 1.79. The summed E-state index contributed by atoms with van der Waals surface area (Å²) in [5.41, 5.74) is -1.85. The van der Waals surface area contributed by atoms with Gasteiger partial charge < -0.3 is 10.4 Å². The van der Waals surface area contributed by atoms with Crippen molar-refractivity contribution >= 4 is 11.9 Å². The first-order valence-electron chi connectivity index (χ1n) is 6.57. The summed E-state index contributed by atoms with van der Waals surface area (Å²) in [6.07, 6.45) is -3.41. The van der Waals surface area contributed by atoms with Crippen molar-refractivity contribution < 1.29 is 32.3 Å². The van der Waals surface area contributed by atoms with Gasteiger partial charge in [-0.05, 0) is 24.6 Å². The molecule has 2 N–H and O–H groups in total. The second-order valence-electron chi connectivity index (χ2n) is 4.70. The molecule has 0 aromatic heterocycles. The van der Waals surface area contributed by atoms with Crippen LogP contribution in [-0.4, -0.2) is 23.0 Å². The van der Waals surface area contributed by atoms with Gasteiger partial charge in [0.1, 0.15) is 11.9 Å². The summed E-state index contributed by atoms with van der Waals surface area (Å²) in [7, 11) is 0. The third-order valence-corrected chi connectivity index (χ3v) is 2.99. The second-order valence-corrected chi connectivity index (χ2v) is 4.70. The third kappa shape index (κ3) is 4.71. The molecule has 1 rings (SSSR count). The van der Waals surface area contributed by atoms with Crippen LogP contribution in [0.3, 0.4) is 0 Å². The third-order valence-electron chi connectivity index (χ3n) is 2.99. The highest BCUT2D eigenvalue weighted by molar-refractivity contribution is 5.96. The number of alkyl halides is 3. The fraction of sp³-hybridized carbons (Fsp3) is 0.429. The summed E-state index contributed by atoms with van der Waals surface area (Å²) in [6, 6.07) is 0.529. The average molecular weight is 321 g/mol. The Kier molecular flexibility index (Phi) is 5.90. The Labute approximate surface area is 124 Å². The van der Waals surface area contributed by atoms with Crippen LogP contribution in [0.15, 0.2) is 18.2 Å². The molecule has 0 heterocycles. The molecule has 22 heavy (non-hydrogen) atoms. The molecule has 8 heteroatoms. The lowest BCUT2D eigenvalue weighted by molar-refractivity contribution is -0.140. The van der Waals surface area contributed by atoms with Crippen molar-refractivity contribution in [2.75, 3.05) is 0 Å². The predicted octanol–water partition coefficient (Wildman–Crippen LogP) is 3.22. The highest BCUT2D eigenvalue weighted by Crippen LogP contribution is 2.31. The lowest BCUT2D eigenvalue weighted by Crippen LogP contribution is -2.40. The van der Waals surface area contributed by atoms with E-state index in [4.69, 9.17) is 5.11 Å². The van der Waals surface area contributed by atoms with Crippen LogP contribution < -0.4 is 5.32 Å². The molecule has 1 amide bonds. The summed E-state index contributed by atoms with van der Waals surface area (Å²) >= 11 is 0. The van der Waals surface area contributed by atoms with E-state index in [1.807, 2.05) is 6.92 Å². The monoisotopic (exact) mass is 321 g/mol. The lowest BCUT2D eigenvalue weighted by atomic mass is 10.1. The number of aliphatic carboxylic acids is 1. The molecule has 0 aliphatic rings. The van der Waals surface area contributed by atoms with Crippen molar-refractivity contribution in [1.29, 1.82) is 0 Å². The minimum atomic E-state index is -4.86. The quantitative estimate of drug-likeness (QED) is 0.791. The standard InChI is InChI=1S/C14H15F4NO3/c1-2-3-4-11(13(21)22)19-12(20)8-5-6-9(10(15)7-8)14(16,17)18/h5-7,11H,2-4H2,1H3,(H,19,20)(H,21,22). The van der Waals surface area contributed by atoms with Crippen LogP contribution in [0.25, 0.3) is 0 Å². The molecule has 0 radical (unpaired) electrons. The molecule has 0 bridgehead atoms. The predicted molar refractivity (Wildman–Crippen MR) is 69.8 cm³/mol. The van der Waals surface area contributed by atoms with Crippen molar-refractivity contribution in [2.24, 2.45) is 0 Å². The number of rotatable bonds is 6. The van der Waals surface area contributed by atoms with Crippen molar-refractivity contribution in [3.8, 4) is 0 Å². The molecule has 0 spiro atoms. The summed E-state index contributed by atoms with van der Waals surface area (Å²) in [5, 5.41) is 11.1. The Morgan fingerprint density at radius 1 is 1.32 bits per heavy atom. The Morgan fingerprint density at radius 3 is 2.41 bits per heavy atom. The topological polar surface area (TPSA) is 66.4 Å². The van der Waals surface area contributed by atoms with Gasteiger partial charge in [-0.2, -0.15) is 13.2 Å². The van der Waals surface area contributed by atoms with Gasteiger partial charge in [-0.15, -0.1) is 0 Å². The van der Waals surface area contributed by atoms with Gasteiger partial charge >= 0.3 is 12.1 Å². The van der Waals surface area contributed by atoms with Crippen LogP contribution in [0.5, 0.6) is 0 Å². The summed E-state index contributed by atoms with van der Waals surface area (Å²) in [4.78, 5) is 22.8. The molecule has 1 aromatic carbocycles. The smallest absolute Gasteiger partial charge is 0.419 e. The summed E-state index contributed by atoms with van der Waals surface area (Å²) in [5.74, 6) is -3.77. The molecule has 0 saturated carbocycles. The van der Waals surface area contributed by atoms with Gasteiger partial charge in [0, 0.05) is 5.56 Å². The van der Waals surface area contributed by atoms with E-state index in [2.05, 4.69) is 5.32 Å². The van der Waals surface area contributed by atoms with Gasteiger partial charge in [0.15, 0.2) is 0 Å². The molecule has 0 fully saturated rings. The normalized spacial score (nSPS) is 12.8. The van der Waals surface area contributed by atoms with Gasteiger partial charge in [0.25, 0.3) is 5.91 Å². The second kappa shape index (κ2) is 7.24. The van der Waals surface area contributed by atoms with Crippen molar-refractivity contribution in [2.45, 2.75) is 38.4 Å². The number of hydrogen-bond acceptors (Lipinski definition) is 2. The lowest BCUT2D eigenvalue weighted by Gasteiger charge is -2.15. The van der Waals surface area contributed by atoms with Crippen LogP contribution in [0.2, 0.25) is 0 Å². The number of unbranched alkanes of at least 4 members (excludes halogenated alkanes) is 1. The van der Waals surface area contributed by atoms with Gasteiger partial charge in [-0.25, -0.2) is 9.18 Å². The first kappa shape index (κ1) is 17.9. The minimum absolute atomic E-state index is 0.181. The number of nitrogens with one attached hydrogen (secondary N) is 1. The summed E-state index contributed by atoms with van der Waals surface area (Å²) < 4.78 is 50.6. The number of benzene rings is 1. The van der Waals surface area contributed by atoms with E-state index >= 15 is 0 Å². The first-order chi connectivity index (χ1) is 10.2. The Hall–Kier alpha value is -2.12. The zero-order chi connectivity index (χ0) is 16.9. The number of carboxylic acid groups (broad SMARTS) is 1. The fourth-order valence-corrected chi connectivity index (χ4v) is 1.79. The van der Waals surface area contributed by atoms with Gasteiger partial charge in [-0.1, -0.05) is 19.8 Å². The maximum absolute atomic E-state index is 13.4. The first-order valence-corrected chi connectivity index (χ1v) is 6.57. The Morgan fingerprint density at radius 2 is 1.95 bits per heavy atom. The van der Waals surface area contributed by atoms with E-state index in [0.717, 1.165) is 6.07 Å². The molecule has 1 aromatic rings. The van der Waals surface area contributed by atoms with Gasteiger partial charge in [-0.3, -0.25) is 4.79 Å². The van der Waals surface area contributed by atoms with Crippen LogP contribution in [-0.2, 0) is 11.0 Å². The largest absolute Gasteiger partial charge is 0.480 e. The average Bonchev–Trinajstić information content (AvgIpc) is 2.41. The Balaban J connectivity index is 2.89. The highest BCUT2D eigenvalue weighted by Gasteiger charge is 2.34. The van der Waals surface area contributed by atoms with E-state index in [9.17, 15) is 27.2 Å². The Bertz CT molecular complexity index is 558. The van der Waals surface area contributed by atoms with Crippen molar-refractivity contribution in [1.82, 2.24) is 5.32 Å². The number of carboxylic acids is 1. The van der Waals surface area contributed by atoms with Crippen molar-refractivity contribution in [3.63, 3.8) is 0 Å². The van der Waals surface area contributed by atoms with E-state index in [-0.39, 0.29) is 12.0 Å². The van der Waals surface area contributed by atoms with E-state index in [0.29, 0.717) is 25.0 Å². The van der Waals surface area contributed by atoms with Crippen LogP contribution >= 0.6 is 0 Å². The molecule has 0 saturated heterocycles. The summed E-state index contributed by atoms with van der Waals surface area (Å²) in [6.45, 7) is 1.84. The van der Waals surface area contributed by atoms with Crippen LogP contribution in [0.4, 0.5) is 17.6 Å². The van der Waals surface area contributed by atoms with Gasteiger partial charge in [0.2, 0.25) is 0 Å². The van der Waals surface area contributed by atoms with E-state index in [1.54, 1.807) is 0 Å². The molecule has 0 aliphatic heterocycles. The SMILES string of the molecule is CCCCC(NC(=O)c1ccc(C(F)(F)F)c(F)c1)C(=O)O. The van der Waals surface area contributed by atoms with E-state index < -0.39 is 35.5 Å². The van der Waals surface area contributed by atoms with Gasteiger partial charge in [0.05, 0.1) is 5.56 Å². The number of hydrogen-bond donors (Lipinski definition) is 2. The van der Waals surface area contributed by atoms with E-state index in [1.165, 1.54) is 0 Å².